The predicted octanol–water partition coefficient (Wildman–Crippen LogP) is 2.19. The second-order valence-electron chi connectivity index (χ2n) is 4.43. The van der Waals surface area contributed by atoms with E-state index in [1.54, 1.807) is 0 Å². The number of rotatable bonds is 2. The van der Waals surface area contributed by atoms with Gasteiger partial charge < -0.3 is 4.98 Å². The first kappa shape index (κ1) is 13.3. The number of nitrogens with zero attached hydrogens (tertiary/aromatic N) is 3. The number of benzene rings is 1. The normalized spacial score (nSPS) is 12.0. The molecular formula is C13H9F3N4O. The molecule has 0 aliphatic carbocycles. The lowest BCUT2D eigenvalue weighted by atomic mass is 10.1. The lowest BCUT2D eigenvalue weighted by molar-refractivity contribution is -0.138. The van der Waals surface area contributed by atoms with Crippen molar-refractivity contribution in [1.82, 2.24) is 19.7 Å². The van der Waals surface area contributed by atoms with Crippen LogP contribution in [0.3, 0.4) is 0 Å². The standard InChI is InChI=1S/C13H9F3N4O/c14-13(15,16)10-4-2-1-3-8(10)6-20-11-9(5-19-20)12(21)18-7-17-11/h1-5,7H,6H2,(H,17,18,21). The van der Waals surface area contributed by atoms with Crippen molar-refractivity contribution in [2.45, 2.75) is 12.7 Å². The van der Waals surface area contributed by atoms with Gasteiger partial charge >= 0.3 is 6.18 Å². The topological polar surface area (TPSA) is 63.6 Å². The van der Waals surface area contributed by atoms with E-state index >= 15 is 0 Å². The number of nitrogens with one attached hydrogen (secondary N) is 1. The average Bonchev–Trinajstić information content (AvgIpc) is 2.83. The van der Waals surface area contributed by atoms with Gasteiger partial charge in [0.25, 0.3) is 5.56 Å². The number of aromatic nitrogens is 4. The largest absolute Gasteiger partial charge is 0.416 e. The molecule has 0 bridgehead atoms. The molecule has 3 rings (SSSR count). The van der Waals surface area contributed by atoms with Crippen molar-refractivity contribution in [2.24, 2.45) is 0 Å². The van der Waals surface area contributed by atoms with Gasteiger partial charge in [0.2, 0.25) is 0 Å². The molecule has 0 aliphatic rings. The monoisotopic (exact) mass is 294 g/mol. The smallest absolute Gasteiger partial charge is 0.312 e. The lowest BCUT2D eigenvalue weighted by Gasteiger charge is -2.12. The van der Waals surface area contributed by atoms with Gasteiger partial charge in [-0.25, -0.2) is 9.67 Å². The highest BCUT2D eigenvalue weighted by molar-refractivity contribution is 5.72. The van der Waals surface area contributed by atoms with E-state index in [0.717, 1.165) is 6.07 Å². The quantitative estimate of drug-likeness (QED) is 0.788. The summed E-state index contributed by atoms with van der Waals surface area (Å²) in [5.74, 6) is 0. The first-order chi connectivity index (χ1) is 9.97. The van der Waals surface area contributed by atoms with Gasteiger partial charge in [0.15, 0.2) is 5.65 Å². The maximum atomic E-state index is 13.0. The van der Waals surface area contributed by atoms with Crippen molar-refractivity contribution in [2.75, 3.05) is 0 Å². The fraction of sp³-hybridized carbons (Fsp3) is 0.154. The molecule has 0 amide bonds. The molecule has 3 aromatic rings. The van der Waals surface area contributed by atoms with E-state index in [-0.39, 0.29) is 28.7 Å². The van der Waals surface area contributed by atoms with Crippen molar-refractivity contribution in [3.05, 3.63) is 58.3 Å². The minimum atomic E-state index is -4.44. The molecular weight excluding hydrogens is 285 g/mol. The molecule has 8 heteroatoms. The molecule has 21 heavy (non-hydrogen) atoms. The lowest BCUT2D eigenvalue weighted by Crippen LogP contribution is -2.13. The van der Waals surface area contributed by atoms with E-state index in [1.807, 2.05) is 0 Å². The zero-order valence-electron chi connectivity index (χ0n) is 10.6. The molecule has 108 valence electrons. The van der Waals surface area contributed by atoms with Crippen LogP contribution in [0.5, 0.6) is 0 Å². The maximum absolute atomic E-state index is 13.0. The first-order valence-corrected chi connectivity index (χ1v) is 6.01. The van der Waals surface area contributed by atoms with Crippen LogP contribution in [0.1, 0.15) is 11.1 Å². The molecule has 1 aromatic carbocycles. The second-order valence-corrected chi connectivity index (χ2v) is 4.43. The van der Waals surface area contributed by atoms with Crippen LogP contribution in [-0.4, -0.2) is 19.7 Å². The van der Waals surface area contributed by atoms with Crippen LogP contribution >= 0.6 is 0 Å². The fourth-order valence-corrected chi connectivity index (χ4v) is 2.12. The number of fused-ring (bicyclic) bond motifs is 1. The molecule has 5 nitrogen and oxygen atoms in total. The molecule has 1 N–H and O–H groups in total. The van der Waals surface area contributed by atoms with E-state index in [0.29, 0.717) is 0 Å². The van der Waals surface area contributed by atoms with Gasteiger partial charge in [-0.2, -0.15) is 18.3 Å². The Bertz CT molecular complexity index is 850. The molecule has 0 aliphatic heterocycles. The molecule has 2 aromatic heterocycles. The summed E-state index contributed by atoms with van der Waals surface area (Å²) in [5, 5.41) is 4.18. The Morgan fingerprint density at radius 3 is 2.76 bits per heavy atom. The van der Waals surface area contributed by atoms with E-state index in [4.69, 9.17) is 0 Å². The second kappa shape index (κ2) is 4.72. The third-order valence-corrected chi connectivity index (χ3v) is 3.08. The van der Waals surface area contributed by atoms with Gasteiger partial charge in [-0.15, -0.1) is 0 Å². The van der Waals surface area contributed by atoms with Gasteiger partial charge in [0.1, 0.15) is 5.39 Å². The molecule has 0 saturated heterocycles. The van der Waals surface area contributed by atoms with E-state index < -0.39 is 11.7 Å². The Kier molecular flexibility index (Phi) is 3.00. The van der Waals surface area contributed by atoms with Crippen LogP contribution < -0.4 is 5.56 Å². The summed E-state index contributed by atoms with van der Waals surface area (Å²) < 4.78 is 40.1. The van der Waals surface area contributed by atoms with Crippen LogP contribution in [-0.2, 0) is 12.7 Å². The molecule has 0 spiro atoms. The number of alkyl halides is 3. The Morgan fingerprint density at radius 2 is 2.00 bits per heavy atom. The molecule has 2 heterocycles. The van der Waals surface area contributed by atoms with Crippen LogP contribution in [0.4, 0.5) is 13.2 Å². The molecule has 0 fully saturated rings. The third kappa shape index (κ3) is 2.39. The fourth-order valence-electron chi connectivity index (χ4n) is 2.12. The van der Waals surface area contributed by atoms with E-state index in [9.17, 15) is 18.0 Å². The predicted molar refractivity (Wildman–Crippen MR) is 68.7 cm³/mol. The summed E-state index contributed by atoms with van der Waals surface area (Å²) >= 11 is 0. The number of H-pyrrole nitrogens is 1. The summed E-state index contributed by atoms with van der Waals surface area (Å²) in [5.41, 5.74) is -0.790. The Morgan fingerprint density at radius 1 is 1.24 bits per heavy atom. The van der Waals surface area contributed by atoms with Crippen molar-refractivity contribution in [3.63, 3.8) is 0 Å². The third-order valence-electron chi connectivity index (χ3n) is 3.08. The summed E-state index contributed by atoms with van der Waals surface area (Å²) in [6, 6.07) is 5.25. The van der Waals surface area contributed by atoms with Gasteiger partial charge in [-0.05, 0) is 11.6 Å². The van der Waals surface area contributed by atoms with Crippen LogP contribution in [0.25, 0.3) is 11.0 Å². The molecule has 0 unspecified atom stereocenters. The van der Waals surface area contributed by atoms with Gasteiger partial charge in [0.05, 0.1) is 24.6 Å². The summed E-state index contributed by atoms with van der Waals surface area (Å²) in [6.45, 7) is -0.115. The average molecular weight is 294 g/mol. The van der Waals surface area contributed by atoms with Crippen LogP contribution in [0.15, 0.2) is 41.6 Å². The minimum absolute atomic E-state index is 0.0667. The minimum Gasteiger partial charge on any atom is -0.312 e. The van der Waals surface area contributed by atoms with E-state index in [1.165, 1.54) is 35.4 Å². The highest BCUT2D eigenvalue weighted by Crippen LogP contribution is 2.32. The van der Waals surface area contributed by atoms with Crippen LogP contribution in [0, 0.1) is 0 Å². The zero-order valence-corrected chi connectivity index (χ0v) is 10.6. The number of hydrogen-bond donors (Lipinski definition) is 1. The van der Waals surface area contributed by atoms with Gasteiger partial charge in [-0.1, -0.05) is 18.2 Å². The summed E-state index contributed by atoms with van der Waals surface area (Å²) in [6.07, 6.45) is -1.96. The first-order valence-electron chi connectivity index (χ1n) is 6.01. The van der Waals surface area contributed by atoms with Gasteiger partial charge in [-0.3, -0.25) is 4.79 Å². The Hall–Kier alpha value is -2.64. The number of halogens is 3. The number of hydrogen-bond acceptors (Lipinski definition) is 3. The Balaban J connectivity index is 2.08. The highest BCUT2D eigenvalue weighted by atomic mass is 19.4. The van der Waals surface area contributed by atoms with Crippen molar-refractivity contribution < 1.29 is 13.2 Å². The summed E-state index contributed by atoms with van der Waals surface area (Å²) in [7, 11) is 0. The SMILES string of the molecule is O=c1[nH]cnc2c1cnn2Cc1ccccc1C(F)(F)F. The molecule has 0 atom stereocenters. The maximum Gasteiger partial charge on any atom is 0.416 e. The Labute approximate surface area is 116 Å². The number of aromatic amines is 1. The van der Waals surface area contributed by atoms with Crippen molar-refractivity contribution in [1.29, 1.82) is 0 Å². The van der Waals surface area contributed by atoms with Crippen molar-refractivity contribution >= 4 is 11.0 Å². The highest BCUT2D eigenvalue weighted by Gasteiger charge is 2.33. The van der Waals surface area contributed by atoms with E-state index in [2.05, 4.69) is 15.1 Å². The van der Waals surface area contributed by atoms with Crippen molar-refractivity contribution in [3.8, 4) is 0 Å². The van der Waals surface area contributed by atoms with Crippen LogP contribution in [0.2, 0.25) is 0 Å². The summed E-state index contributed by atoms with van der Waals surface area (Å²) in [4.78, 5) is 17.9. The molecule has 0 saturated carbocycles. The van der Waals surface area contributed by atoms with Gasteiger partial charge in [0, 0.05) is 0 Å². The molecule has 0 radical (unpaired) electrons. The zero-order chi connectivity index (χ0) is 15.0.